The predicted molar refractivity (Wildman–Crippen MR) is 117 cm³/mol. The monoisotopic (exact) mass is 409 g/mol. The summed E-state index contributed by atoms with van der Waals surface area (Å²) in [5, 5.41) is 22.6. The van der Waals surface area contributed by atoms with E-state index in [-0.39, 0.29) is 0 Å². The van der Waals surface area contributed by atoms with E-state index in [0.29, 0.717) is 22.2 Å². The Bertz CT molecular complexity index is 630. The Morgan fingerprint density at radius 2 is 1.54 bits per heavy atom. The number of hydrogen-bond acceptors (Lipinski definition) is 3. The number of rotatable bonds is 8. The predicted octanol–water partition coefficient (Wildman–Crippen LogP) is 5.96. The Balaban J connectivity index is 3.28. The Labute approximate surface area is 171 Å². The van der Waals surface area contributed by atoms with Crippen LogP contribution in [0.2, 0.25) is 16.6 Å². The molecule has 160 valence electrons. The quantitative estimate of drug-likeness (QED) is 0.463. The molecule has 0 spiro atoms. The summed E-state index contributed by atoms with van der Waals surface area (Å²) in [7, 11) is -2.11. The summed E-state index contributed by atoms with van der Waals surface area (Å²) in [6.45, 7) is 19.1. The minimum atomic E-state index is -2.11. The number of amides is 1. The Morgan fingerprint density at radius 1 is 1.04 bits per heavy atom. The third-order valence-electron chi connectivity index (χ3n) is 5.73. The second kappa shape index (κ2) is 9.31. The van der Waals surface area contributed by atoms with Crippen molar-refractivity contribution < 1.29 is 19.4 Å². The molecule has 0 aliphatic rings. The van der Waals surface area contributed by atoms with Crippen LogP contribution in [0.25, 0.3) is 0 Å². The van der Waals surface area contributed by atoms with Crippen molar-refractivity contribution in [1.82, 2.24) is 5.32 Å². The molecule has 2 atom stereocenters. The fourth-order valence-electron chi connectivity index (χ4n) is 4.41. The zero-order valence-electron chi connectivity index (χ0n) is 18.9. The summed E-state index contributed by atoms with van der Waals surface area (Å²) in [5.41, 5.74) is 1.54. The van der Waals surface area contributed by atoms with Crippen LogP contribution in [0.15, 0.2) is 24.3 Å². The van der Waals surface area contributed by atoms with Gasteiger partial charge < -0.3 is 20.0 Å². The topological polar surface area (TPSA) is 78.8 Å². The number of aliphatic hydroxyl groups is 1. The number of benzene rings is 1. The van der Waals surface area contributed by atoms with Crippen molar-refractivity contribution in [3.63, 3.8) is 0 Å². The molecule has 1 rings (SSSR count). The largest absolute Gasteiger partial charge is 0.543 e. The van der Waals surface area contributed by atoms with Crippen molar-refractivity contribution in [3.8, 4) is 5.75 Å². The first-order chi connectivity index (χ1) is 12.7. The molecule has 0 saturated heterocycles. The molecule has 6 heteroatoms. The summed E-state index contributed by atoms with van der Waals surface area (Å²) in [4.78, 5) is 11.2. The molecule has 3 N–H and O–H groups in total. The van der Waals surface area contributed by atoms with Crippen LogP contribution in [0, 0.1) is 5.41 Å². The zero-order chi connectivity index (χ0) is 21.9. The molecule has 0 fully saturated rings. The molecule has 0 saturated carbocycles. The van der Waals surface area contributed by atoms with E-state index < -0.39 is 32.0 Å². The highest BCUT2D eigenvalue weighted by molar-refractivity contribution is 6.78. The van der Waals surface area contributed by atoms with Crippen LogP contribution in [0.5, 0.6) is 5.75 Å². The standard InChI is InChI=1S/C22H39NO4Si/c1-14(2)28(15(3)4,16(5)6)27-18-12-10-11-17(13-18)19(24)20(22(7,8)9)23-21(25)26/h10-16,19-20,23-24H,1-9H3,(H,25,26). The molecule has 2 unspecified atom stereocenters. The molecular formula is C22H39NO4Si. The van der Waals surface area contributed by atoms with E-state index in [1.807, 2.05) is 45.0 Å². The van der Waals surface area contributed by atoms with Crippen LogP contribution in [0.3, 0.4) is 0 Å². The van der Waals surface area contributed by atoms with Gasteiger partial charge in [-0.2, -0.15) is 0 Å². The molecule has 0 aromatic heterocycles. The van der Waals surface area contributed by atoms with Gasteiger partial charge in [-0.05, 0) is 39.7 Å². The van der Waals surface area contributed by atoms with Crippen molar-refractivity contribution in [3.05, 3.63) is 29.8 Å². The highest BCUT2D eigenvalue weighted by Gasteiger charge is 2.47. The minimum Gasteiger partial charge on any atom is -0.543 e. The van der Waals surface area contributed by atoms with E-state index in [1.54, 1.807) is 0 Å². The first-order valence-corrected chi connectivity index (χ1v) is 12.3. The van der Waals surface area contributed by atoms with E-state index in [9.17, 15) is 15.0 Å². The number of carbonyl (C=O) groups is 1. The van der Waals surface area contributed by atoms with Gasteiger partial charge in [-0.3, -0.25) is 0 Å². The van der Waals surface area contributed by atoms with Crippen LogP contribution in [0.1, 0.15) is 74.0 Å². The van der Waals surface area contributed by atoms with Gasteiger partial charge in [0.15, 0.2) is 0 Å². The lowest BCUT2D eigenvalue weighted by Gasteiger charge is -2.42. The van der Waals surface area contributed by atoms with Gasteiger partial charge >= 0.3 is 6.09 Å². The third kappa shape index (κ3) is 5.51. The van der Waals surface area contributed by atoms with Crippen LogP contribution in [0.4, 0.5) is 4.79 Å². The summed E-state index contributed by atoms with van der Waals surface area (Å²) in [6, 6.07) is 6.85. The maximum Gasteiger partial charge on any atom is 0.404 e. The van der Waals surface area contributed by atoms with E-state index in [4.69, 9.17) is 4.43 Å². The average molecular weight is 410 g/mol. The summed E-state index contributed by atoms with van der Waals surface area (Å²) < 4.78 is 6.71. The summed E-state index contributed by atoms with van der Waals surface area (Å²) >= 11 is 0. The zero-order valence-corrected chi connectivity index (χ0v) is 19.9. The number of aliphatic hydroxyl groups excluding tert-OH is 1. The molecule has 1 amide bonds. The number of nitrogens with one attached hydrogen (secondary N) is 1. The van der Waals surface area contributed by atoms with Crippen molar-refractivity contribution in [2.45, 2.75) is 91.1 Å². The molecule has 28 heavy (non-hydrogen) atoms. The second-order valence-corrected chi connectivity index (χ2v) is 15.1. The molecular weight excluding hydrogens is 370 g/mol. The van der Waals surface area contributed by atoms with Gasteiger partial charge in [0, 0.05) is 0 Å². The van der Waals surface area contributed by atoms with Gasteiger partial charge in [-0.25, -0.2) is 4.79 Å². The van der Waals surface area contributed by atoms with E-state index >= 15 is 0 Å². The van der Waals surface area contributed by atoms with Gasteiger partial charge in [0.25, 0.3) is 8.32 Å². The molecule has 0 aliphatic heterocycles. The highest BCUT2D eigenvalue weighted by atomic mass is 28.4. The average Bonchev–Trinajstić information content (AvgIpc) is 2.55. The fraction of sp³-hybridized carbons (Fsp3) is 0.682. The normalized spacial score (nSPS) is 15.0. The lowest BCUT2D eigenvalue weighted by Crippen LogP contribution is -2.50. The van der Waals surface area contributed by atoms with Crippen molar-refractivity contribution >= 4 is 14.4 Å². The minimum absolute atomic E-state index is 0.442. The molecule has 0 bridgehead atoms. The van der Waals surface area contributed by atoms with Gasteiger partial charge in [-0.1, -0.05) is 74.4 Å². The van der Waals surface area contributed by atoms with E-state index in [0.717, 1.165) is 5.75 Å². The SMILES string of the molecule is CC(C)[Si](Oc1cccc(C(O)C(NC(=O)O)C(C)(C)C)c1)(C(C)C)C(C)C. The molecule has 5 nitrogen and oxygen atoms in total. The van der Waals surface area contributed by atoms with Crippen molar-refractivity contribution in [1.29, 1.82) is 0 Å². The highest BCUT2D eigenvalue weighted by Crippen LogP contribution is 2.43. The Hall–Kier alpha value is -1.53. The van der Waals surface area contributed by atoms with Gasteiger partial charge in [0.2, 0.25) is 0 Å². The van der Waals surface area contributed by atoms with Crippen LogP contribution in [-0.2, 0) is 0 Å². The molecule has 0 aliphatic carbocycles. The first kappa shape index (κ1) is 24.5. The number of carboxylic acid groups (broad SMARTS) is 1. The van der Waals surface area contributed by atoms with Crippen LogP contribution < -0.4 is 9.74 Å². The van der Waals surface area contributed by atoms with Gasteiger partial charge in [-0.15, -0.1) is 0 Å². The lowest BCUT2D eigenvalue weighted by atomic mass is 9.81. The maximum absolute atomic E-state index is 11.2. The van der Waals surface area contributed by atoms with Gasteiger partial charge in [0.1, 0.15) is 5.75 Å². The lowest BCUT2D eigenvalue weighted by molar-refractivity contribution is 0.0683. The molecule has 1 aromatic rings. The van der Waals surface area contributed by atoms with Crippen molar-refractivity contribution in [2.24, 2.45) is 5.41 Å². The maximum atomic E-state index is 11.2. The fourth-order valence-corrected chi connectivity index (χ4v) is 9.66. The smallest absolute Gasteiger partial charge is 0.404 e. The van der Waals surface area contributed by atoms with Crippen LogP contribution in [-0.4, -0.2) is 30.7 Å². The Kier molecular flexibility index (Phi) is 8.15. The molecule has 0 radical (unpaired) electrons. The van der Waals surface area contributed by atoms with Gasteiger partial charge in [0.05, 0.1) is 12.1 Å². The molecule has 1 aromatic carbocycles. The van der Waals surface area contributed by atoms with E-state index in [2.05, 4.69) is 46.9 Å². The Morgan fingerprint density at radius 3 is 1.93 bits per heavy atom. The van der Waals surface area contributed by atoms with Crippen LogP contribution >= 0.6 is 0 Å². The third-order valence-corrected chi connectivity index (χ3v) is 11.7. The van der Waals surface area contributed by atoms with Crippen molar-refractivity contribution in [2.75, 3.05) is 0 Å². The first-order valence-electron chi connectivity index (χ1n) is 10.2. The van der Waals surface area contributed by atoms with E-state index in [1.165, 1.54) is 0 Å². The number of hydrogen-bond donors (Lipinski definition) is 3. The summed E-state index contributed by atoms with van der Waals surface area (Å²) in [5.74, 6) is 0.752. The second-order valence-electron chi connectivity index (χ2n) is 9.73. The molecule has 0 heterocycles. The summed E-state index contributed by atoms with van der Waals surface area (Å²) in [6.07, 6.45) is -2.11.